The fraction of sp³-hybridized carbons (Fsp3) is 0.350. The molecule has 0 aromatic heterocycles. The Morgan fingerprint density at radius 1 is 1.23 bits per heavy atom. The smallest absolute Gasteiger partial charge is 0.251 e. The number of methoxy groups -OCH3 is 1. The summed E-state index contributed by atoms with van der Waals surface area (Å²) in [5.41, 5.74) is 1.60. The molecule has 6 heteroatoms. The van der Waals surface area contributed by atoms with Crippen LogP contribution in [0.3, 0.4) is 0 Å². The Morgan fingerprint density at radius 2 is 1.92 bits per heavy atom. The van der Waals surface area contributed by atoms with Crippen LogP contribution in [0.2, 0.25) is 5.02 Å². The molecule has 1 amide bonds. The van der Waals surface area contributed by atoms with Crippen molar-refractivity contribution in [1.82, 2.24) is 10.2 Å². The Labute approximate surface area is 168 Å². The Bertz CT molecular complexity index is 750. The van der Waals surface area contributed by atoms with Crippen molar-refractivity contribution < 1.29 is 9.53 Å². The van der Waals surface area contributed by atoms with Crippen LogP contribution in [0.25, 0.3) is 0 Å². The second-order valence-electron chi connectivity index (χ2n) is 5.82. The number of rotatable bonds is 8. The summed E-state index contributed by atoms with van der Waals surface area (Å²) >= 11 is 9.82. The molecule has 2 aromatic carbocycles. The summed E-state index contributed by atoms with van der Waals surface area (Å²) in [5, 5.41) is 3.75. The summed E-state index contributed by atoms with van der Waals surface area (Å²) in [5.74, 6) is 0.566. The molecule has 0 heterocycles. The molecule has 1 atom stereocenters. The van der Waals surface area contributed by atoms with Gasteiger partial charge < -0.3 is 10.1 Å². The highest BCUT2D eigenvalue weighted by Crippen LogP contribution is 2.28. The van der Waals surface area contributed by atoms with Crippen LogP contribution in [0, 0.1) is 0 Å². The third-order valence-electron chi connectivity index (χ3n) is 4.39. The number of hydrogen-bond acceptors (Lipinski definition) is 3. The van der Waals surface area contributed by atoms with Crippen LogP contribution in [0.4, 0.5) is 0 Å². The molecule has 0 aliphatic rings. The first-order valence-corrected chi connectivity index (χ1v) is 9.79. The van der Waals surface area contributed by atoms with Gasteiger partial charge in [-0.1, -0.05) is 43.6 Å². The van der Waals surface area contributed by atoms with Gasteiger partial charge in [0, 0.05) is 17.1 Å². The number of hydrogen-bond donors (Lipinski definition) is 1. The number of benzene rings is 2. The van der Waals surface area contributed by atoms with Crippen LogP contribution in [0.1, 0.15) is 35.8 Å². The van der Waals surface area contributed by atoms with Crippen LogP contribution < -0.4 is 10.1 Å². The van der Waals surface area contributed by atoms with Crippen molar-refractivity contribution in [2.75, 3.05) is 26.7 Å². The molecule has 2 rings (SSSR count). The monoisotopic (exact) mass is 438 g/mol. The van der Waals surface area contributed by atoms with Gasteiger partial charge in [0.25, 0.3) is 5.91 Å². The normalized spacial score (nSPS) is 12.1. The van der Waals surface area contributed by atoms with Crippen molar-refractivity contribution >= 4 is 33.4 Å². The summed E-state index contributed by atoms with van der Waals surface area (Å²) in [6.45, 7) is 6.44. The van der Waals surface area contributed by atoms with Crippen LogP contribution >= 0.6 is 27.5 Å². The first-order chi connectivity index (χ1) is 12.5. The third-order valence-corrected chi connectivity index (χ3v) is 5.35. The highest BCUT2D eigenvalue weighted by atomic mass is 79.9. The standard InChI is InChI=1S/C20H24BrClN2O2/c1-4-24(5-2)18(15-8-6-7-9-17(15)22)13-23-20(25)14-10-11-19(26-3)16(21)12-14/h6-12,18H,4-5,13H2,1-3H3,(H,23,25). The lowest BCUT2D eigenvalue weighted by Gasteiger charge is -2.31. The number of halogens is 2. The Morgan fingerprint density at radius 3 is 2.50 bits per heavy atom. The van der Waals surface area contributed by atoms with Gasteiger partial charge in [0.15, 0.2) is 0 Å². The van der Waals surface area contributed by atoms with E-state index in [-0.39, 0.29) is 11.9 Å². The first-order valence-electron chi connectivity index (χ1n) is 8.62. The van der Waals surface area contributed by atoms with E-state index in [1.807, 2.05) is 24.3 Å². The van der Waals surface area contributed by atoms with Crippen LogP contribution in [-0.2, 0) is 0 Å². The highest BCUT2D eigenvalue weighted by molar-refractivity contribution is 9.10. The minimum atomic E-state index is -0.127. The summed E-state index contributed by atoms with van der Waals surface area (Å²) in [6, 6.07) is 13.1. The zero-order chi connectivity index (χ0) is 19.1. The van der Waals surface area contributed by atoms with Crippen molar-refractivity contribution in [2.45, 2.75) is 19.9 Å². The van der Waals surface area contributed by atoms with Gasteiger partial charge in [-0.05, 0) is 58.8 Å². The van der Waals surface area contributed by atoms with Crippen molar-refractivity contribution in [3.05, 3.63) is 63.1 Å². The Hall–Kier alpha value is -1.56. The van der Waals surface area contributed by atoms with E-state index < -0.39 is 0 Å². The van der Waals surface area contributed by atoms with Crippen molar-refractivity contribution in [3.8, 4) is 5.75 Å². The zero-order valence-corrected chi connectivity index (χ0v) is 17.6. The molecule has 1 unspecified atom stereocenters. The van der Waals surface area contributed by atoms with Gasteiger partial charge in [0.1, 0.15) is 5.75 Å². The van der Waals surface area contributed by atoms with Crippen LogP contribution in [0.5, 0.6) is 5.75 Å². The molecule has 26 heavy (non-hydrogen) atoms. The molecular formula is C20H24BrClN2O2. The molecule has 4 nitrogen and oxygen atoms in total. The Kier molecular flexibility index (Phi) is 7.94. The third kappa shape index (κ3) is 5.00. The minimum Gasteiger partial charge on any atom is -0.496 e. The fourth-order valence-corrected chi connectivity index (χ4v) is 3.75. The second kappa shape index (κ2) is 9.95. The van der Waals surface area contributed by atoms with Gasteiger partial charge in [-0.25, -0.2) is 0 Å². The molecule has 140 valence electrons. The average molecular weight is 440 g/mol. The van der Waals surface area contributed by atoms with E-state index in [4.69, 9.17) is 16.3 Å². The van der Waals surface area contributed by atoms with Crippen LogP contribution in [0.15, 0.2) is 46.9 Å². The summed E-state index contributed by atoms with van der Waals surface area (Å²) in [6.07, 6.45) is 0. The van der Waals surface area contributed by atoms with E-state index >= 15 is 0 Å². The first kappa shape index (κ1) is 20.7. The van der Waals surface area contributed by atoms with E-state index in [1.165, 1.54) is 0 Å². The van der Waals surface area contributed by atoms with Crippen molar-refractivity contribution in [3.63, 3.8) is 0 Å². The van der Waals surface area contributed by atoms with Gasteiger partial charge in [-0.3, -0.25) is 9.69 Å². The molecular weight excluding hydrogens is 416 g/mol. The highest BCUT2D eigenvalue weighted by Gasteiger charge is 2.21. The number of likely N-dealkylation sites (N-methyl/N-ethyl adjacent to an activating group) is 1. The van der Waals surface area contributed by atoms with Gasteiger partial charge in [-0.2, -0.15) is 0 Å². The average Bonchev–Trinajstić information content (AvgIpc) is 2.65. The fourth-order valence-electron chi connectivity index (χ4n) is 2.94. The van der Waals surface area contributed by atoms with Gasteiger partial charge in [-0.15, -0.1) is 0 Å². The molecule has 0 aliphatic carbocycles. The minimum absolute atomic E-state index is 0.0179. The molecule has 1 N–H and O–H groups in total. The molecule has 0 aliphatic heterocycles. The summed E-state index contributed by atoms with van der Waals surface area (Å²) in [7, 11) is 1.60. The number of ether oxygens (including phenoxy) is 1. The van der Waals surface area contributed by atoms with E-state index in [2.05, 4.69) is 40.0 Å². The lowest BCUT2D eigenvalue weighted by atomic mass is 10.0. The predicted octanol–water partition coefficient (Wildman–Crippen LogP) is 4.92. The molecule has 0 radical (unpaired) electrons. The molecule has 0 saturated heterocycles. The number of nitrogens with zero attached hydrogens (tertiary/aromatic N) is 1. The number of carbonyl (C=O) groups excluding carboxylic acids is 1. The largest absolute Gasteiger partial charge is 0.496 e. The van der Waals surface area contributed by atoms with Gasteiger partial charge >= 0.3 is 0 Å². The van der Waals surface area contributed by atoms with E-state index in [9.17, 15) is 4.79 Å². The van der Waals surface area contributed by atoms with Crippen molar-refractivity contribution in [1.29, 1.82) is 0 Å². The maximum atomic E-state index is 12.6. The van der Waals surface area contributed by atoms with E-state index in [1.54, 1.807) is 25.3 Å². The second-order valence-corrected chi connectivity index (χ2v) is 7.08. The van der Waals surface area contributed by atoms with Crippen LogP contribution in [-0.4, -0.2) is 37.6 Å². The predicted molar refractivity (Wildman–Crippen MR) is 110 cm³/mol. The SMILES string of the molecule is CCN(CC)C(CNC(=O)c1ccc(OC)c(Br)c1)c1ccccc1Cl. The maximum absolute atomic E-state index is 12.6. The molecule has 0 bridgehead atoms. The van der Waals surface area contributed by atoms with Gasteiger partial charge in [0.2, 0.25) is 0 Å². The lowest BCUT2D eigenvalue weighted by molar-refractivity contribution is 0.0935. The number of carbonyl (C=O) groups is 1. The topological polar surface area (TPSA) is 41.6 Å². The summed E-state index contributed by atoms with van der Waals surface area (Å²) in [4.78, 5) is 14.9. The summed E-state index contributed by atoms with van der Waals surface area (Å²) < 4.78 is 5.96. The van der Waals surface area contributed by atoms with Gasteiger partial charge in [0.05, 0.1) is 17.6 Å². The maximum Gasteiger partial charge on any atom is 0.251 e. The van der Waals surface area contributed by atoms with Crippen molar-refractivity contribution in [2.24, 2.45) is 0 Å². The number of amides is 1. The zero-order valence-electron chi connectivity index (χ0n) is 15.3. The molecule has 2 aromatic rings. The Balaban J connectivity index is 2.17. The molecule has 0 fully saturated rings. The van der Waals surface area contributed by atoms with E-state index in [0.29, 0.717) is 22.9 Å². The number of nitrogens with one attached hydrogen (secondary N) is 1. The van der Waals surface area contributed by atoms with E-state index in [0.717, 1.165) is 23.1 Å². The lowest BCUT2D eigenvalue weighted by Crippen LogP contribution is -2.38. The molecule has 0 spiro atoms. The molecule has 0 saturated carbocycles. The quantitative estimate of drug-likeness (QED) is 0.634.